The summed E-state index contributed by atoms with van der Waals surface area (Å²) in [4.78, 5) is 9.99. The molecular formula is C4H9N2O. The predicted molar refractivity (Wildman–Crippen MR) is 27.1 cm³/mol. The Balaban J connectivity index is 3.34. The number of carbonyl (C=O) groups is 1. The molecule has 0 rings (SSSR count). The van der Waals surface area contributed by atoms with E-state index in [1.165, 1.54) is 0 Å². The maximum absolute atomic E-state index is 9.99. The molecule has 41 valence electrons. The molecule has 0 heterocycles. The summed E-state index contributed by atoms with van der Waals surface area (Å²) in [5.74, 6) is -0.491. The number of carbonyl (C=O) groups excluding carboxylic acids is 1. The minimum atomic E-state index is -0.569. The zero-order valence-electron chi connectivity index (χ0n) is 4.05. The predicted octanol–water partition coefficient (Wildman–Crippen LogP) is -0.977. The molecule has 1 amide bonds. The van der Waals surface area contributed by atoms with E-state index in [-0.39, 0.29) is 0 Å². The Kier molecular flexibility index (Phi) is 2.37. The lowest BCUT2D eigenvalue weighted by Crippen LogP contribution is -2.35. The molecule has 0 aliphatic heterocycles. The van der Waals surface area contributed by atoms with E-state index in [9.17, 15) is 4.79 Å². The summed E-state index contributed by atoms with van der Waals surface area (Å²) < 4.78 is 0. The van der Waals surface area contributed by atoms with Crippen molar-refractivity contribution in [3.8, 4) is 0 Å². The zero-order chi connectivity index (χ0) is 5.86. The summed E-state index contributed by atoms with van der Waals surface area (Å²) in [6.07, 6.45) is 0.370. The average Bonchev–Trinajstić information content (AvgIpc) is 1.65. The highest BCUT2D eigenvalue weighted by Crippen LogP contribution is 1.79. The van der Waals surface area contributed by atoms with Crippen molar-refractivity contribution in [2.24, 2.45) is 11.5 Å². The fraction of sp³-hybridized carbons (Fsp3) is 0.500. The highest BCUT2D eigenvalue weighted by molar-refractivity contribution is 5.79. The second-order valence-electron chi connectivity index (χ2n) is 1.30. The fourth-order valence-corrected chi connectivity index (χ4v) is 0.142. The Labute approximate surface area is 42.7 Å². The lowest BCUT2D eigenvalue weighted by molar-refractivity contribution is -0.119. The summed E-state index contributed by atoms with van der Waals surface area (Å²) in [6, 6.07) is -0.569. The van der Waals surface area contributed by atoms with Crippen molar-refractivity contribution in [2.75, 3.05) is 0 Å². The molecule has 0 aromatic carbocycles. The van der Waals surface area contributed by atoms with Gasteiger partial charge in [0.1, 0.15) is 0 Å². The largest absolute Gasteiger partial charge is 0.368 e. The average molecular weight is 101 g/mol. The van der Waals surface area contributed by atoms with Crippen LogP contribution in [0.1, 0.15) is 6.42 Å². The maximum Gasteiger partial charge on any atom is 0.234 e. The van der Waals surface area contributed by atoms with E-state index >= 15 is 0 Å². The van der Waals surface area contributed by atoms with Gasteiger partial charge in [0.15, 0.2) is 0 Å². The van der Waals surface area contributed by atoms with Crippen LogP contribution < -0.4 is 11.5 Å². The first-order valence-electron chi connectivity index (χ1n) is 2.02. The van der Waals surface area contributed by atoms with Crippen LogP contribution in [0, 0.1) is 6.92 Å². The molecule has 0 saturated carbocycles. The SMILES string of the molecule is [CH2]CC(N)C(N)=O. The molecule has 0 aromatic rings. The van der Waals surface area contributed by atoms with Crippen LogP contribution in [0.25, 0.3) is 0 Å². The smallest absolute Gasteiger partial charge is 0.234 e. The molecule has 3 heteroatoms. The Morgan fingerprint density at radius 1 is 1.86 bits per heavy atom. The first-order chi connectivity index (χ1) is 3.18. The van der Waals surface area contributed by atoms with Crippen molar-refractivity contribution in [3.05, 3.63) is 6.92 Å². The molecule has 0 aliphatic rings. The molecule has 0 aliphatic carbocycles. The van der Waals surface area contributed by atoms with Crippen molar-refractivity contribution in [1.82, 2.24) is 0 Å². The Bertz CT molecular complexity index is 72.1. The third kappa shape index (κ3) is 2.17. The molecule has 1 unspecified atom stereocenters. The molecule has 7 heavy (non-hydrogen) atoms. The second-order valence-corrected chi connectivity index (χ2v) is 1.30. The van der Waals surface area contributed by atoms with Crippen LogP contribution in [0.15, 0.2) is 0 Å². The van der Waals surface area contributed by atoms with Gasteiger partial charge in [0.05, 0.1) is 6.04 Å². The van der Waals surface area contributed by atoms with Crippen LogP contribution in [0.5, 0.6) is 0 Å². The Morgan fingerprint density at radius 2 is 2.29 bits per heavy atom. The number of rotatable bonds is 2. The third-order valence-electron chi connectivity index (χ3n) is 0.676. The minimum absolute atomic E-state index is 0.370. The van der Waals surface area contributed by atoms with E-state index in [2.05, 4.69) is 6.92 Å². The number of hydrogen-bond donors (Lipinski definition) is 2. The van der Waals surface area contributed by atoms with Gasteiger partial charge in [-0.3, -0.25) is 4.79 Å². The summed E-state index contributed by atoms with van der Waals surface area (Å²) in [7, 11) is 0. The van der Waals surface area contributed by atoms with E-state index in [1.807, 2.05) is 0 Å². The van der Waals surface area contributed by atoms with Crippen molar-refractivity contribution in [2.45, 2.75) is 12.5 Å². The van der Waals surface area contributed by atoms with Gasteiger partial charge in [0.25, 0.3) is 0 Å². The topological polar surface area (TPSA) is 69.1 Å². The quantitative estimate of drug-likeness (QED) is 0.469. The zero-order valence-corrected chi connectivity index (χ0v) is 4.05. The first kappa shape index (κ1) is 6.43. The molecule has 1 radical (unpaired) electrons. The van der Waals surface area contributed by atoms with Crippen LogP contribution in [-0.2, 0) is 4.79 Å². The highest BCUT2D eigenvalue weighted by Gasteiger charge is 2.02. The van der Waals surface area contributed by atoms with Gasteiger partial charge in [-0.05, 0) is 6.42 Å². The van der Waals surface area contributed by atoms with Crippen molar-refractivity contribution < 1.29 is 4.79 Å². The third-order valence-corrected chi connectivity index (χ3v) is 0.676. The molecule has 0 spiro atoms. The van der Waals surface area contributed by atoms with E-state index < -0.39 is 11.9 Å². The lowest BCUT2D eigenvalue weighted by Gasteiger charge is -1.98. The monoisotopic (exact) mass is 101 g/mol. The van der Waals surface area contributed by atoms with Gasteiger partial charge in [-0.25, -0.2) is 0 Å². The summed E-state index contributed by atoms with van der Waals surface area (Å²) in [6.45, 7) is 3.38. The summed E-state index contributed by atoms with van der Waals surface area (Å²) in [5.41, 5.74) is 9.82. The Hall–Kier alpha value is -0.570. The summed E-state index contributed by atoms with van der Waals surface area (Å²) in [5, 5.41) is 0. The molecular weight excluding hydrogens is 92.1 g/mol. The van der Waals surface area contributed by atoms with Crippen molar-refractivity contribution in [1.29, 1.82) is 0 Å². The molecule has 3 nitrogen and oxygen atoms in total. The standard InChI is InChI=1S/C4H9N2O/c1-2-3(5)4(6)7/h3H,1-2,5H2,(H2,6,7). The van der Waals surface area contributed by atoms with Crippen molar-refractivity contribution >= 4 is 5.91 Å². The Morgan fingerprint density at radius 3 is 2.29 bits per heavy atom. The minimum Gasteiger partial charge on any atom is -0.368 e. The van der Waals surface area contributed by atoms with Gasteiger partial charge >= 0.3 is 0 Å². The fourth-order valence-electron chi connectivity index (χ4n) is 0.142. The molecule has 0 aromatic heterocycles. The molecule has 1 atom stereocenters. The van der Waals surface area contributed by atoms with Crippen molar-refractivity contribution in [3.63, 3.8) is 0 Å². The lowest BCUT2D eigenvalue weighted by atomic mass is 10.2. The first-order valence-corrected chi connectivity index (χ1v) is 2.02. The van der Waals surface area contributed by atoms with Crippen LogP contribution in [0.2, 0.25) is 0 Å². The normalized spacial score (nSPS) is 13.4. The van der Waals surface area contributed by atoms with E-state index in [0.29, 0.717) is 6.42 Å². The van der Waals surface area contributed by atoms with E-state index in [1.54, 1.807) is 0 Å². The number of primary amides is 1. The van der Waals surface area contributed by atoms with E-state index in [0.717, 1.165) is 0 Å². The van der Waals surface area contributed by atoms with Crippen LogP contribution in [0.4, 0.5) is 0 Å². The van der Waals surface area contributed by atoms with Gasteiger partial charge in [0, 0.05) is 0 Å². The second kappa shape index (κ2) is 2.58. The van der Waals surface area contributed by atoms with Gasteiger partial charge in [-0.15, -0.1) is 0 Å². The molecule has 4 N–H and O–H groups in total. The number of hydrogen-bond acceptors (Lipinski definition) is 2. The summed E-state index contributed by atoms with van der Waals surface area (Å²) >= 11 is 0. The van der Waals surface area contributed by atoms with E-state index in [4.69, 9.17) is 11.5 Å². The van der Waals surface area contributed by atoms with Gasteiger partial charge in [0.2, 0.25) is 5.91 Å². The van der Waals surface area contributed by atoms with Gasteiger partial charge < -0.3 is 11.5 Å². The number of nitrogens with two attached hydrogens (primary N) is 2. The van der Waals surface area contributed by atoms with Crippen LogP contribution in [-0.4, -0.2) is 11.9 Å². The number of amides is 1. The molecule has 0 saturated heterocycles. The maximum atomic E-state index is 9.99. The highest BCUT2D eigenvalue weighted by atomic mass is 16.1. The molecule has 0 bridgehead atoms. The van der Waals surface area contributed by atoms with Crippen LogP contribution >= 0.6 is 0 Å². The van der Waals surface area contributed by atoms with Gasteiger partial charge in [-0.1, -0.05) is 6.92 Å². The molecule has 0 fully saturated rings. The van der Waals surface area contributed by atoms with Crippen LogP contribution in [0.3, 0.4) is 0 Å². The van der Waals surface area contributed by atoms with Gasteiger partial charge in [-0.2, -0.15) is 0 Å².